The molecule has 1 rings (SSSR count). The van der Waals surface area contributed by atoms with Gasteiger partial charge in [0.1, 0.15) is 0 Å². The number of aryl methyl sites for hydroxylation is 1. The summed E-state index contributed by atoms with van der Waals surface area (Å²) in [6, 6.07) is 0. The number of halogens is 1. The van der Waals surface area contributed by atoms with Crippen LogP contribution in [0.4, 0.5) is 0 Å². The van der Waals surface area contributed by atoms with Crippen molar-refractivity contribution in [1.82, 2.24) is 4.98 Å². The van der Waals surface area contributed by atoms with E-state index in [1.54, 1.807) is 11.3 Å². The minimum Gasteiger partial charge on any atom is -0.247 e. The Morgan fingerprint density at radius 1 is 1.73 bits per heavy atom. The summed E-state index contributed by atoms with van der Waals surface area (Å²) in [6.07, 6.45) is 1.93. The Morgan fingerprint density at radius 3 is 2.91 bits per heavy atom. The number of nitrogens with zero attached hydrogens (tertiary/aromatic N) is 1. The van der Waals surface area contributed by atoms with Crippen LogP contribution < -0.4 is 0 Å². The third-order valence-corrected chi connectivity index (χ3v) is 2.96. The summed E-state index contributed by atoms with van der Waals surface area (Å²) in [4.78, 5) is 4.33. The molecular formula is C8H12ClNS. The third kappa shape index (κ3) is 2.80. The number of hydrogen-bond acceptors (Lipinski definition) is 2. The highest BCUT2D eigenvalue weighted by Gasteiger charge is 2.05. The summed E-state index contributed by atoms with van der Waals surface area (Å²) in [5, 5.41) is 3.47. The van der Waals surface area contributed by atoms with Gasteiger partial charge in [0.05, 0.1) is 5.01 Å². The van der Waals surface area contributed by atoms with E-state index in [0.717, 1.165) is 23.5 Å². The molecule has 0 fully saturated rings. The zero-order valence-corrected chi connectivity index (χ0v) is 8.37. The summed E-state index contributed by atoms with van der Waals surface area (Å²) in [6.45, 7) is 4.10. The fourth-order valence-corrected chi connectivity index (χ4v) is 1.92. The van der Waals surface area contributed by atoms with E-state index >= 15 is 0 Å². The van der Waals surface area contributed by atoms with Crippen molar-refractivity contribution in [2.24, 2.45) is 0 Å². The van der Waals surface area contributed by atoms with Gasteiger partial charge in [-0.15, -0.1) is 22.9 Å². The van der Waals surface area contributed by atoms with Crippen molar-refractivity contribution in [3.63, 3.8) is 0 Å². The van der Waals surface area contributed by atoms with E-state index < -0.39 is 0 Å². The Hall–Kier alpha value is -0.0800. The molecule has 3 heteroatoms. The van der Waals surface area contributed by atoms with Crippen molar-refractivity contribution in [2.45, 2.75) is 32.1 Å². The Labute approximate surface area is 76.4 Å². The molecule has 0 saturated carbocycles. The van der Waals surface area contributed by atoms with Gasteiger partial charge in [0.2, 0.25) is 0 Å². The van der Waals surface area contributed by atoms with Crippen LogP contribution in [0.1, 0.15) is 24.0 Å². The molecule has 11 heavy (non-hydrogen) atoms. The van der Waals surface area contributed by atoms with Crippen LogP contribution in [0.2, 0.25) is 0 Å². The van der Waals surface area contributed by atoms with Crippen LogP contribution in [0, 0.1) is 6.92 Å². The van der Waals surface area contributed by atoms with Gasteiger partial charge in [-0.3, -0.25) is 0 Å². The topological polar surface area (TPSA) is 12.9 Å². The molecule has 0 amide bonds. The highest BCUT2D eigenvalue weighted by atomic mass is 35.5. The fourth-order valence-electron chi connectivity index (χ4n) is 0.830. The molecular weight excluding hydrogens is 178 g/mol. The second-order valence-corrected chi connectivity index (χ2v) is 4.15. The van der Waals surface area contributed by atoms with E-state index in [1.165, 1.54) is 0 Å². The summed E-state index contributed by atoms with van der Waals surface area (Å²) >= 11 is 7.67. The predicted molar refractivity (Wildman–Crippen MR) is 50.5 cm³/mol. The molecule has 1 aromatic heterocycles. The first-order chi connectivity index (χ1) is 5.22. The molecule has 0 aliphatic heterocycles. The first-order valence-electron chi connectivity index (χ1n) is 3.77. The minimum absolute atomic E-state index is 0.251. The normalized spacial score (nSPS) is 13.4. The molecule has 1 nitrogen and oxygen atoms in total. The molecule has 1 heterocycles. The monoisotopic (exact) mass is 189 g/mol. The maximum Gasteiger partial charge on any atom is 0.0942 e. The highest BCUT2D eigenvalue weighted by molar-refractivity contribution is 7.09. The molecule has 0 aliphatic carbocycles. The second-order valence-electron chi connectivity index (χ2n) is 2.59. The van der Waals surface area contributed by atoms with E-state index in [0.29, 0.717) is 0 Å². The smallest absolute Gasteiger partial charge is 0.0942 e. The van der Waals surface area contributed by atoms with Gasteiger partial charge >= 0.3 is 0 Å². The lowest BCUT2D eigenvalue weighted by Gasteiger charge is -2.00. The van der Waals surface area contributed by atoms with Crippen molar-refractivity contribution in [2.75, 3.05) is 0 Å². The van der Waals surface area contributed by atoms with E-state index in [9.17, 15) is 0 Å². The van der Waals surface area contributed by atoms with E-state index in [2.05, 4.69) is 17.3 Å². The summed E-state index contributed by atoms with van der Waals surface area (Å²) < 4.78 is 0. The molecule has 0 N–H and O–H groups in total. The second kappa shape index (κ2) is 4.07. The molecule has 1 unspecified atom stereocenters. The van der Waals surface area contributed by atoms with E-state index in [-0.39, 0.29) is 5.38 Å². The minimum atomic E-state index is 0.251. The van der Waals surface area contributed by atoms with Crippen molar-refractivity contribution < 1.29 is 0 Å². The first-order valence-corrected chi connectivity index (χ1v) is 5.09. The van der Waals surface area contributed by atoms with Gasteiger partial charge in [-0.05, 0) is 13.3 Å². The number of thiazole rings is 1. The van der Waals surface area contributed by atoms with Crippen LogP contribution >= 0.6 is 22.9 Å². The largest absolute Gasteiger partial charge is 0.247 e. The average Bonchev–Trinajstić information content (AvgIpc) is 2.35. The molecule has 0 aliphatic rings. The van der Waals surface area contributed by atoms with Gasteiger partial charge < -0.3 is 0 Å². The fraction of sp³-hybridized carbons (Fsp3) is 0.625. The van der Waals surface area contributed by atoms with Gasteiger partial charge in [0.25, 0.3) is 0 Å². The van der Waals surface area contributed by atoms with Crippen LogP contribution in [0.3, 0.4) is 0 Å². The zero-order chi connectivity index (χ0) is 8.27. The molecule has 62 valence electrons. The van der Waals surface area contributed by atoms with Crippen molar-refractivity contribution >= 4 is 22.9 Å². The Morgan fingerprint density at radius 2 is 2.45 bits per heavy atom. The molecule has 0 saturated heterocycles. The van der Waals surface area contributed by atoms with E-state index in [4.69, 9.17) is 11.6 Å². The van der Waals surface area contributed by atoms with Gasteiger partial charge in [0.15, 0.2) is 0 Å². The predicted octanol–water partition coefficient (Wildman–Crippen LogP) is 3.01. The summed E-state index contributed by atoms with van der Waals surface area (Å²) in [5.41, 5.74) is 1.10. The highest BCUT2D eigenvalue weighted by Crippen LogP contribution is 2.15. The van der Waals surface area contributed by atoms with Crippen molar-refractivity contribution in [3.8, 4) is 0 Å². The van der Waals surface area contributed by atoms with E-state index in [1.807, 2.05) is 6.92 Å². The van der Waals surface area contributed by atoms with Crippen molar-refractivity contribution in [3.05, 3.63) is 16.1 Å². The van der Waals surface area contributed by atoms with Crippen LogP contribution in [0.15, 0.2) is 5.38 Å². The molecule has 1 aromatic rings. The Bertz CT molecular complexity index is 222. The first kappa shape index (κ1) is 9.01. The number of aromatic nitrogens is 1. The SMILES string of the molecule is CCC(Cl)Cc1nc(C)cs1. The Balaban J connectivity index is 2.50. The van der Waals surface area contributed by atoms with Crippen LogP contribution in [-0.4, -0.2) is 10.4 Å². The van der Waals surface area contributed by atoms with Gasteiger partial charge in [-0.25, -0.2) is 4.98 Å². The lowest BCUT2D eigenvalue weighted by Crippen LogP contribution is -2.00. The van der Waals surface area contributed by atoms with Crippen LogP contribution in [0.25, 0.3) is 0 Å². The quantitative estimate of drug-likeness (QED) is 0.667. The Kier molecular flexibility index (Phi) is 3.34. The summed E-state index contributed by atoms with van der Waals surface area (Å²) in [7, 11) is 0. The maximum absolute atomic E-state index is 5.98. The maximum atomic E-state index is 5.98. The molecule has 0 aromatic carbocycles. The molecule has 0 radical (unpaired) electrons. The zero-order valence-electron chi connectivity index (χ0n) is 6.80. The number of hydrogen-bond donors (Lipinski definition) is 0. The lowest BCUT2D eigenvalue weighted by atomic mass is 10.2. The number of rotatable bonds is 3. The van der Waals surface area contributed by atoms with Gasteiger partial charge in [0, 0.05) is 22.9 Å². The molecule has 1 atom stereocenters. The number of alkyl halides is 1. The van der Waals surface area contributed by atoms with Crippen LogP contribution in [-0.2, 0) is 6.42 Å². The molecule has 0 spiro atoms. The summed E-state index contributed by atoms with van der Waals surface area (Å²) in [5.74, 6) is 0. The molecule has 0 bridgehead atoms. The standard InChI is InChI=1S/C8H12ClNS/c1-3-7(9)4-8-10-6(2)5-11-8/h5,7H,3-4H2,1-2H3. The van der Waals surface area contributed by atoms with Gasteiger partial charge in [-0.1, -0.05) is 6.92 Å². The van der Waals surface area contributed by atoms with Crippen molar-refractivity contribution in [1.29, 1.82) is 0 Å². The third-order valence-electron chi connectivity index (χ3n) is 1.51. The van der Waals surface area contributed by atoms with Crippen LogP contribution in [0.5, 0.6) is 0 Å². The van der Waals surface area contributed by atoms with Gasteiger partial charge in [-0.2, -0.15) is 0 Å². The lowest BCUT2D eigenvalue weighted by molar-refractivity contribution is 0.798. The average molecular weight is 190 g/mol.